The van der Waals surface area contributed by atoms with Gasteiger partial charge in [0.05, 0.1) is 22.5 Å². The third-order valence-electron chi connectivity index (χ3n) is 5.63. The summed E-state index contributed by atoms with van der Waals surface area (Å²) in [5.41, 5.74) is 1.16. The van der Waals surface area contributed by atoms with Crippen LogP contribution in [0, 0.1) is 10.1 Å². The third-order valence-corrected chi connectivity index (χ3v) is 5.63. The van der Waals surface area contributed by atoms with Gasteiger partial charge in [-0.2, -0.15) is 0 Å². The lowest BCUT2D eigenvalue weighted by atomic mass is 9.96. The number of hydrogen-bond donors (Lipinski definition) is 0. The number of nitrogens with zero attached hydrogens (tertiary/aromatic N) is 4. The van der Waals surface area contributed by atoms with Crippen molar-refractivity contribution < 1.29 is 14.1 Å². The van der Waals surface area contributed by atoms with Gasteiger partial charge in [-0.15, -0.1) is 0 Å². The Morgan fingerprint density at radius 2 is 2.00 bits per heavy atom. The summed E-state index contributed by atoms with van der Waals surface area (Å²) in [6.07, 6.45) is 8.08. The highest BCUT2D eigenvalue weighted by molar-refractivity contribution is 5.78. The van der Waals surface area contributed by atoms with E-state index < -0.39 is 10.7 Å². The number of fused-ring (bicyclic) bond motifs is 1. The number of nitro groups is 1. The van der Waals surface area contributed by atoms with Crippen LogP contribution in [0.5, 0.6) is 0 Å². The lowest BCUT2D eigenvalue weighted by Crippen LogP contribution is -2.29. The number of aromatic nitrogens is 2. The highest BCUT2D eigenvalue weighted by Crippen LogP contribution is 2.21. The fourth-order valence-electron chi connectivity index (χ4n) is 4.04. The summed E-state index contributed by atoms with van der Waals surface area (Å²) >= 11 is 0. The molecular formula is C22H24N4O5. The molecule has 9 nitrogen and oxygen atoms in total. The zero-order valence-corrected chi connectivity index (χ0v) is 17.1. The Balaban J connectivity index is 1.47. The van der Waals surface area contributed by atoms with Crippen LogP contribution in [0.15, 0.2) is 56.8 Å². The lowest BCUT2D eigenvalue weighted by molar-refractivity contribution is -0.384. The normalized spacial score (nSPS) is 15.4. The number of pyridine rings is 1. The average Bonchev–Trinajstić information content (AvgIpc) is 3.09. The van der Waals surface area contributed by atoms with E-state index in [1.807, 2.05) is 12.1 Å². The summed E-state index contributed by atoms with van der Waals surface area (Å²) in [6, 6.07) is 9.85. The van der Waals surface area contributed by atoms with Crippen molar-refractivity contribution in [1.82, 2.24) is 9.13 Å². The molecule has 3 aromatic rings. The van der Waals surface area contributed by atoms with Crippen LogP contribution >= 0.6 is 0 Å². The lowest BCUT2D eigenvalue weighted by Gasteiger charge is -2.17. The van der Waals surface area contributed by atoms with E-state index >= 15 is 0 Å². The van der Waals surface area contributed by atoms with Gasteiger partial charge < -0.3 is 4.42 Å². The Morgan fingerprint density at radius 3 is 2.77 bits per heavy atom. The van der Waals surface area contributed by atoms with Crippen LogP contribution in [0.4, 0.5) is 5.69 Å². The van der Waals surface area contributed by atoms with Crippen LogP contribution in [0.3, 0.4) is 0 Å². The first-order valence-electron chi connectivity index (χ1n) is 10.6. The van der Waals surface area contributed by atoms with Crippen LogP contribution in [0.1, 0.15) is 49.7 Å². The first-order chi connectivity index (χ1) is 15.0. The van der Waals surface area contributed by atoms with Gasteiger partial charge in [-0.3, -0.25) is 29.0 Å². The molecule has 0 aliphatic heterocycles. The molecule has 0 N–H and O–H groups in total. The number of nitro benzene ring substituents is 1. The summed E-state index contributed by atoms with van der Waals surface area (Å²) in [7, 11) is 0. The van der Waals surface area contributed by atoms with Crippen LogP contribution in [-0.4, -0.2) is 26.0 Å². The van der Waals surface area contributed by atoms with E-state index in [0.29, 0.717) is 17.4 Å². The molecule has 31 heavy (non-hydrogen) atoms. The van der Waals surface area contributed by atoms with Crippen LogP contribution in [-0.2, 0) is 6.54 Å². The van der Waals surface area contributed by atoms with Crippen molar-refractivity contribution in [3.8, 4) is 0 Å². The zero-order chi connectivity index (χ0) is 21.8. The highest BCUT2D eigenvalue weighted by atomic mass is 16.6. The molecule has 1 aliphatic carbocycles. The van der Waals surface area contributed by atoms with E-state index in [-0.39, 0.29) is 36.2 Å². The molecule has 162 valence electrons. The summed E-state index contributed by atoms with van der Waals surface area (Å²) in [6.45, 7) is 0.276. The van der Waals surface area contributed by atoms with Gasteiger partial charge in [0, 0.05) is 25.2 Å². The van der Waals surface area contributed by atoms with Crippen molar-refractivity contribution in [3.63, 3.8) is 0 Å². The van der Waals surface area contributed by atoms with Crippen molar-refractivity contribution >= 4 is 22.7 Å². The van der Waals surface area contributed by atoms with E-state index in [1.165, 1.54) is 42.0 Å². The van der Waals surface area contributed by atoms with Gasteiger partial charge in [0.25, 0.3) is 5.69 Å². The Bertz CT molecular complexity index is 1230. The minimum absolute atomic E-state index is 0.0911. The number of oxazole rings is 1. The number of rotatable bonds is 6. The molecular weight excluding hydrogens is 400 g/mol. The van der Waals surface area contributed by atoms with E-state index in [0.717, 1.165) is 12.8 Å². The fourth-order valence-corrected chi connectivity index (χ4v) is 4.04. The standard InChI is InChI=1S/C22H24N4O5/c27-21(25-13-5-4-9-20(25)23-16-7-2-1-3-8-16)10-6-14-24-18-12-11-17(26(29)30)15-19(18)31-22(24)28/h4-5,9,11-13,15-16H,1-3,6-8,10,14H2. The Labute approximate surface area is 177 Å². The Morgan fingerprint density at radius 1 is 1.19 bits per heavy atom. The van der Waals surface area contributed by atoms with E-state index in [1.54, 1.807) is 16.8 Å². The van der Waals surface area contributed by atoms with Gasteiger partial charge >= 0.3 is 5.76 Å². The van der Waals surface area contributed by atoms with Crippen LogP contribution in [0.25, 0.3) is 11.1 Å². The van der Waals surface area contributed by atoms with Gasteiger partial charge in [-0.25, -0.2) is 4.79 Å². The number of carbonyl (C=O) groups is 1. The molecule has 0 unspecified atom stereocenters. The summed E-state index contributed by atoms with van der Waals surface area (Å²) in [5, 5.41) is 10.9. The topological polar surface area (TPSA) is 113 Å². The highest BCUT2D eigenvalue weighted by Gasteiger charge is 2.15. The predicted octanol–water partition coefficient (Wildman–Crippen LogP) is 3.66. The fraction of sp³-hybridized carbons (Fsp3) is 0.409. The van der Waals surface area contributed by atoms with Gasteiger partial charge in [0.2, 0.25) is 5.91 Å². The van der Waals surface area contributed by atoms with Gasteiger partial charge in [0.1, 0.15) is 5.49 Å². The summed E-state index contributed by atoms with van der Waals surface area (Å²) < 4.78 is 8.11. The quantitative estimate of drug-likeness (QED) is 0.443. The number of carbonyl (C=O) groups excluding carboxylic acids is 1. The molecule has 0 radical (unpaired) electrons. The molecule has 0 bridgehead atoms. The van der Waals surface area contributed by atoms with Crippen molar-refractivity contribution in [1.29, 1.82) is 0 Å². The Hall–Kier alpha value is -3.49. The summed E-state index contributed by atoms with van der Waals surface area (Å²) in [4.78, 5) is 40.1. The van der Waals surface area contributed by atoms with Gasteiger partial charge in [-0.1, -0.05) is 25.3 Å². The smallest absolute Gasteiger partial charge is 0.407 e. The van der Waals surface area contributed by atoms with Crippen molar-refractivity contribution in [2.75, 3.05) is 0 Å². The third kappa shape index (κ3) is 4.65. The molecule has 0 amide bonds. The maximum atomic E-state index is 12.8. The Kier molecular flexibility index (Phi) is 6.11. The average molecular weight is 424 g/mol. The summed E-state index contributed by atoms with van der Waals surface area (Å²) in [5.74, 6) is -0.685. The van der Waals surface area contributed by atoms with Crippen molar-refractivity contribution in [2.24, 2.45) is 4.99 Å². The van der Waals surface area contributed by atoms with Gasteiger partial charge in [-0.05, 0) is 37.5 Å². The van der Waals surface area contributed by atoms with Crippen molar-refractivity contribution in [2.45, 2.75) is 57.5 Å². The predicted molar refractivity (Wildman–Crippen MR) is 114 cm³/mol. The molecule has 0 atom stereocenters. The van der Waals surface area contributed by atoms with Gasteiger partial charge in [0.15, 0.2) is 5.58 Å². The first kappa shape index (κ1) is 20.8. The molecule has 2 aromatic heterocycles. The SMILES string of the molecule is O=C(CCCn1c(=O)oc2cc([N+](=O)[O-])ccc21)n1ccccc1=NC1CCCCC1. The maximum absolute atomic E-state index is 12.8. The second kappa shape index (κ2) is 9.11. The monoisotopic (exact) mass is 424 g/mol. The first-order valence-corrected chi connectivity index (χ1v) is 10.6. The number of non-ortho nitro benzene ring substituents is 1. The van der Waals surface area contributed by atoms with E-state index in [2.05, 4.69) is 0 Å². The largest absolute Gasteiger partial charge is 0.419 e. The number of hydrogen-bond acceptors (Lipinski definition) is 6. The number of benzene rings is 1. The molecule has 4 rings (SSSR count). The molecule has 0 saturated heterocycles. The number of aryl methyl sites for hydroxylation is 1. The van der Waals surface area contributed by atoms with Crippen molar-refractivity contribution in [3.05, 3.63) is 68.7 Å². The maximum Gasteiger partial charge on any atom is 0.419 e. The zero-order valence-electron chi connectivity index (χ0n) is 17.1. The molecule has 1 fully saturated rings. The molecule has 9 heteroatoms. The second-order valence-corrected chi connectivity index (χ2v) is 7.78. The minimum atomic E-state index is -0.594. The second-order valence-electron chi connectivity index (χ2n) is 7.78. The minimum Gasteiger partial charge on any atom is -0.407 e. The molecule has 1 aliphatic rings. The molecule has 1 aromatic carbocycles. The molecule has 1 saturated carbocycles. The van der Waals surface area contributed by atoms with Crippen LogP contribution < -0.4 is 11.2 Å². The van der Waals surface area contributed by atoms with E-state index in [4.69, 9.17) is 9.41 Å². The molecule has 2 heterocycles. The van der Waals surface area contributed by atoms with Crippen LogP contribution in [0.2, 0.25) is 0 Å². The van der Waals surface area contributed by atoms with E-state index in [9.17, 15) is 19.7 Å². The molecule has 0 spiro atoms.